The van der Waals surface area contributed by atoms with Gasteiger partial charge in [-0.05, 0) is 28.9 Å². The number of methoxy groups -OCH3 is 1. The first-order valence-electron chi connectivity index (χ1n) is 8.98. The first-order chi connectivity index (χ1) is 13.7. The number of rotatable bonds is 6. The number of thiocarbonyl (C=S) groups is 1. The number of carbonyl (C=O) groups excluding carboxylic acids is 1. The van der Waals surface area contributed by atoms with Gasteiger partial charge in [0, 0.05) is 0 Å². The molecule has 0 bridgehead atoms. The highest BCUT2D eigenvalue weighted by molar-refractivity contribution is 7.80. The minimum atomic E-state index is -0.682. The van der Waals surface area contributed by atoms with E-state index in [9.17, 15) is 4.79 Å². The number of nitrogens with one attached hydrogen (secondary N) is 2. The summed E-state index contributed by atoms with van der Waals surface area (Å²) in [5.41, 5.74) is 2.94. The molecule has 0 heterocycles. The van der Waals surface area contributed by atoms with E-state index in [1.807, 2.05) is 91.0 Å². The summed E-state index contributed by atoms with van der Waals surface area (Å²) < 4.78 is 4.95. The summed E-state index contributed by atoms with van der Waals surface area (Å²) in [6, 6.07) is 28.6. The Morgan fingerprint density at radius 1 is 0.750 bits per heavy atom. The molecule has 1 atom stereocenters. The van der Waals surface area contributed by atoms with Gasteiger partial charge in [-0.3, -0.25) is 0 Å². The lowest BCUT2D eigenvalue weighted by Crippen LogP contribution is -2.42. The molecule has 0 aliphatic heterocycles. The van der Waals surface area contributed by atoms with Crippen LogP contribution in [0.4, 0.5) is 0 Å². The van der Waals surface area contributed by atoms with E-state index < -0.39 is 12.0 Å². The fourth-order valence-electron chi connectivity index (χ4n) is 3.00. The SMILES string of the molecule is COC(=O)C(NC(=S)NC(c1ccccc1)c1ccccc1)c1ccccc1. The number of carbonyl (C=O) groups is 1. The summed E-state index contributed by atoms with van der Waals surface area (Å²) in [6.07, 6.45) is 0. The van der Waals surface area contributed by atoms with Gasteiger partial charge < -0.3 is 15.4 Å². The molecule has 3 aromatic carbocycles. The molecule has 28 heavy (non-hydrogen) atoms. The molecule has 0 aliphatic rings. The number of hydrogen-bond acceptors (Lipinski definition) is 3. The van der Waals surface area contributed by atoms with E-state index >= 15 is 0 Å². The van der Waals surface area contributed by atoms with Crippen LogP contribution in [0.25, 0.3) is 0 Å². The third kappa shape index (κ3) is 4.96. The molecule has 5 heteroatoms. The summed E-state index contributed by atoms with van der Waals surface area (Å²) in [4.78, 5) is 12.3. The van der Waals surface area contributed by atoms with Gasteiger partial charge in [-0.15, -0.1) is 0 Å². The number of benzene rings is 3. The normalized spacial score (nSPS) is 11.5. The maximum absolute atomic E-state index is 12.3. The van der Waals surface area contributed by atoms with Crippen molar-refractivity contribution in [3.8, 4) is 0 Å². The van der Waals surface area contributed by atoms with Crippen LogP contribution in [0.15, 0.2) is 91.0 Å². The van der Waals surface area contributed by atoms with Crippen LogP contribution in [-0.2, 0) is 9.53 Å². The quantitative estimate of drug-likeness (QED) is 0.489. The molecule has 0 fully saturated rings. The van der Waals surface area contributed by atoms with Crippen molar-refractivity contribution in [1.82, 2.24) is 10.6 Å². The van der Waals surface area contributed by atoms with Crippen LogP contribution < -0.4 is 10.6 Å². The molecule has 142 valence electrons. The molecule has 3 rings (SSSR count). The van der Waals surface area contributed by atoms with Gasteiger partial charge in [0.1, 0.15) is 0 Å². The molecular weight excluding hydrogens is 368 g/mol. The predicted octanol–water partition coefficient (Wildman–Crippen LogP) is 4.15. The predicted molar refractivity (Wildman–Crippen MR) is 115 cm³/mol. The van der Waals surface area contributed by atoms with Crippen molar-refractivity contribution in [2.24, 2.45) is 0 Å². The summed E-state index contributed by atoms with van der Waals surface area (Å²) in [5.74, 6) is -0.397. The van der Waals surface area contributed by atoms with E-state index in [1.165, 1.54) is 7.11 Å². The Labute approximate surface area is 170 Å². The van der Waals surface area contributed by atoms with Crippen molar-refractivity contribution >= 4 is 23.3 Å². The van der Waals surface area contributed by atoms with Crippen molar-refractivity contribution in [2.75, 3.05) is 7.11 Å². The molecule has 3 aromatic rings. The van der Waals surface area contributed by atoms with Gasteiger partial charge in [-0.1, -0.05) is 91.0 Å². The monoisotopic (exact) mass is 390 g/mol. The fraction of sp³-hybridized carbons (Fsp3) is 0.130. The molecule has 0 saturated heterocycles. The topological polar surface area (TPSA) is 50.4 Å². The van der Waals surface area contributed by atoms with Crippen LogP contribution >= 0.6 is 12.2 Å². The molecule has 0 radical (unpaired) electrons. The van der Waals surface area contributed by atoms with Crippen molar-refractivity contribution < 1.29 is 9.53 Å². The third-order valence-corrected chi connectivity index (χ3v) is 4.62. The number of esters is 1. The average molecular weight is 391 g/mol. The van der Waals surface area contributed by atoms with Crippen LogP contribution in [0.3, 0.4) is 0 Å². The van der Waals surface area contributed by atoms with Gasteiger partial charge in [-0.2, -0.15) is 0 Å². The maximum atomic E-state index is 12.3. The lowest BCUT2D eigenvalue weighted by molar-refractivity contribution is -0.142. The van der Waals surface area contributed by atoms with E-state index in [-0.39, 0.29) is 6.04 Å². The molecule has 4 nitrogen and oxygen atoms in total. The fourth-order valence-corrected chi connectivity index (χ4v) is 3.23. The lowest BCUT2D eigenvalue weighted by atomic mass is 9.99. The first-order valence-corrected chi connectivity index (χ1v) is 9.39. The average Bonchev–Trinajstić information content (AvgIpc) is 2.77. The second-order valence-corrected chi connectivity index (χ2v) is 6.65. The smallest absolute Gasteiger partial charge is 0.333 e. The van der Waals surface area contributed by atoms with E-state index in [4.69, 9.17) is 17.0 Å². The Bertz CT molecular complexity index is 862. The molecular formula is C23H22N2O2S. The Hall–Kier alpha value is -3.18. The molecule has 2 N–H and O–H groups in total. The molecule has 1 unspecified atom stereocenters. The second kappa shape index (κ2) is 9.67. The van der Waals surface area contributed by atoms with E-state index in [2.05, 4.69) is 10.6 Å². The molecule has 0 amide bonds. The summed E-state index contributed by atoms with van der Waals surface area (Å²) in [6.45, 7) is 0. The Balaban J connectivity index is 1.82. The summed E-state index contributed by atoms with van der Waals surface area (Å²) >= 11 is 5.54. The standard InChI is InChI=1S/C23H22N2O2S/c1-27-22(26)21(19-15-9-4-10-16-19)25-23(28)24-20(17-11-5-2-6-12-17)18-13-7-3-8-14-18/h2-16,20-21H,1H3,(H2,24,25,28). The van der Waals surface area contributed by atoms with E-state index in [0.29, 0.717) is 5.11 Å². The second-order valence-electron chi connectivity index (χ2n) is 6.24. The van der Waals surface area contributed by atoms with Crippen LogP contribution in [0.1, 0.15) is 28.8 Å². The van der Waals surface area contributed by atoms with E-state index in [0.717, 1.165) is 16.7 Å². The third-order valence-electron chi connectivity index (χ3n) is 4.39. The molecule has 0 aliphatic carbocycles. The Morgan fingerprint density at radius 3 is 1.61 bits per heavy atom. The van der Waals surface area contributed by atoms with Crippen molar-refractivity contribution in [2.45, 2.75) is 12.1 Å². The highest BCUT2D eigenvalue weighted by Gasteiger charge is 2.23. The zero-order valence-corrected chi connectivity index (χ0v) is 16.4. The molecule has 0 saturated carbocycles. The highest BCUT2D eigenvalue weighted by atomic mass is 32.1. The van der Waals surface area contributed by atoms with Crippen LogP contribution in [0.2, 0.25) is 0 Å². The summed E-state index contributed by atoms with van der Waals surface area (Å²) in [5, 5.41) is 6.81. The molecule has 0 spiro atoms. The highest BCUT2D eigenvalue weighted by Crippen LogP contribution is 2.22. The van der Waals surface area contributed by atoms with Gasteiger partial charge in [-0.25, -0.2) is 4.79 Å². The van der Waals surface area contributed by atoms with Crippen molar-refractivity contribution in [1.29, 1.82) is 0 Å². The van der Waals surface area contributed by atoms with E-state index in [1.54, 1.807) is 0 Å². The summed E-state index contributed by atoms with van der Waals surface area (Å²) in [7, 11) is 1.37. The lowest BCUT2D eigenvalue weighted by Gasteiger charge is -2.24. The van der Waals surface area contributed by atoms with Crippen molar-refractivity contribution in [3.05, 3.63) is 108 Å². The van der Waals surface area contributed by atoms with Gasteiger partial charge in [0.15, 0.2) is 11.2 Å². The van der Waals surface area contributed by atoms with Crippen LogP contribution in [0, 0.1) is 0 Å². The Morgan fingerprint density at radius 2 is 1.18 bits per heavy atom. The largest absolute Gasteiger partial charge is 0.467 e. The zero-order chi connectivity index (χ0) is 19.8. The maximum Gasteiger partial charge on any atom is 0.333 e. The number of hydrogen-bond donors (Lipinski definition) is 2. The first kappa shape index (κ1) is 19.6. The molecule has 0 aromatic heterocycles. The van der Waals surface area contributed by atoms with Crippen LogP contribution in [0.5, 0.6) is 0 Å². The van der Waals surface area contributed by atoms with Gasteiger partial charge in [0.05, 0.1) is 13.2 Å². The van der Waals surface area contributed by atoms with Gasteiger partial charge >= 0.3 is 5.97 Å². The van der Waals surface area contributed by atoms with Crippen molar-refractivity contribution in [3.63, 3.8) is 0 Å². The Kier molecular flexibility index (Phi) is 6.76. The minimum absolute atomic E-state index is 0.142. The van der Waals surface area contributed by atoms with Gasteiger partial charge in [0.2, 0.25) is 0 Å². The minimum Gasteiger partial charge on any atom is -0.467 e. The van der Waals surface area contributed by atoms with Crippen LogP contribution in [-0.4, -0.2) is 18.2 Å². The number of ether oxygens (including phenoxy) is 1. The zero-order valence-electron chi connectivity index (χ0n) is 15.5. The van der Waals surface area contributed by atoms with Gasteiger partial charge in [0.25, 0.3) is 0 Å².